The van der Waals surface area contributed by atoms with Gasteiger partial charge in [-0.3, -0.25) is 9.59 Å². The van der Waals surface area contributed by atoms with Crippen molar-refractivity contribution in [1.82, 2.24) is 4.90 Å². The molecule has 0 saturated carbocycles. The summed E-state index contributed by atoms with van der Waals surface area (Å²) < 4.78 is 13.3. The summed E-state index contributed by atoms with van der Waals surface area (Å²) in [5.74, 6) is -2.21. The Morgan fingerprint density at radius 3 is 2.71 bits per heavy atom. The van der Waals surface area contributed by atoms with E-state index >= 15 is 0 Å². The van der Waals surface area contributed by atoms with Crippen molar-refractivity contribution in [3.63, 3.8) is 0 Å². The third kappa shape index (κ3) is 3.60. The number of carboxylic acid groups (broad SMARTS) is 1. The van der Waals surface area contributed by atoms with Crippen molar-refractivity contribution < 1.29 is 19.1 Å². The number of aliphatic carboxylic acids is 1. The van der Waals surface area contributed by atoms with E-state index in [4.69, 9.17) is 5.11 Å². The molecule has 0 radical (unpaired) electrons. The fourth-order valence-electron chi connectivity index (χ4n) is 2.90. The predicted octanol–water partition coefficient (Wildman–Crippen LogP) is 2.50. The first-order valence-corrected chi connectivity index (χ1v) is 7.15. The lowest BCUT2D eigenvalue weighted by molar-refractivity contribution is -0.147. The molecule has 114 valence electrons. The quantitative estimate of drug-likeness (QED) is 0.931. The van der Waals surface area contributed by atoms with Crippen molar-refractivity contribution in [2.24, 2.45) is 11.8 Å². The van der Waals surface area contributed by atoms with Gasteiger partial charge in [0, 0.05) is 13.1 Å². The van der Waals surface area contributed by atoms with E-state index in [-0.39, 0.29) is 24.2 Å². The Labute approximate surface area is 123 Å². The molecule has 1 N–H and O–H groups in total. The molecule has 1 fully saturated rings. The molecule has 3 unspecified atom stereocenters. The Kier molecular flexibility index (Phi) is 4.60. The number of nitrogens with zero attached hydrogens (tertiary/aromatic N) is 1. The van der Waals surface area contributed by atoms with Gasteiger partial charge in [0.1, 0.15) is 5.82 Å². The summed E-state index contributed by atoms with van der Waals surface area (Å²) >= 11 is 0. The third-order valence-electron chi connectivity index (χ3n) is 4.04. The summed E-state index contributed by atoms with van der Waals surface area (Å²) in [5.41, 5.74) is 0.616. The van der Waals surface area contributed by atoms with Gasteiger partial charge in [0.25, 0.3) is 0 Å². The fraction of sp³-hybridized carbons (Fsp3) is 0.500. The highest BCUT2D eigenvalue weighted by Crippen LogP contribution is 2.26. The van der Waals surface area contributed by atoms with Crippen LogP contribution in [0.15, 0.2) is 24.3 Å². The zero-order valence-corrected chi connectivity index (χ0v) is 12.3. The van der Waals surface area contributed by atoms with Crippen LogP contribution in [0.2, 0.25) is 0 Å². The van der Waals surface area contributed by atoms with Gasteiger partial charge in [0.2, 0.25) is 5.91 Å². The van der Waals surface area contributed by atoms with Crippen molar-refractivity contribution in [2.75, 3.05) is 13.1 Å². The van der Waals surface area contributed by atoms with Crippen LogP contribution in [-0.4, -0.2) is 35.0 Å². The van der Waals surface area contributed by atoms with E-state index in [9.17, 15) is 14.0 Å². The summed E-state index contributed by atoms with van der Waals surface area (Å²) in [4.78, 5) is 25.3. The van der Waals surface area contributed by atoms with Gasteiger partial charge in [0.05, 0.1) is 11.8 Å². The normalized spacial score (nSPS) is 23.7. The predicted molar refractivity (Wildman–Crippen MR) is 76.3 cm³/mol. The molecule has 4 nitrogen and oxygen atoms in total. The second-order valence-electron chi connectivity index (χ2n) is 5.90. The standard InChI is InChI=1S/C16H20FNO3/c1-10-6-13(16(20)21)9-18(8-10)15(19)11(2)12-4-3-5-14(17)7-12/h3-5,7,10-11,13H,6,8-9H2,1-2H3,(H,20,21). The average molecular weight is 293 g/mol. The molecule has 5 heteroatoms. The van der Waals surface area contributed by atoms with Crippen LogP contribution in [0.5, 0.6) is 0 Å². The van der Waals surface area contributed by atoms with E-state index < -0.39 is 17.8 Å². The minimum atomic E-state index is -0.863. The Bertz CT molecular complexity index is 546. The van der Waals surface area contributed by atoms with E-state index in [0.29, 0.717) is 18.5 Å². The van der Waals surface area contributed by atoms with E-state index in [1.807, 2.05) is 6.92 Å². The highest BCUT2D eigenvalue weighted by atomic mass is 19.1. The summed E-state index contributed by atoms with van der Waals surface area (Å²) in [6, 6.07) is 5.98. The number of likely N-dealkylation sites (tertiary alicyclic amines) is 1. The van der Waals surface area contributed by atoms with Crippen LogP contribution in [0.3, 0.4) is 0 Å². The number of carbonyl (C=O) groups is 2. The first-order chi connectivity index (χ1) is 9.88. The third-order valence-corrected chi connectivity index (χ3v) is 4.04. The monoisotopic (exact) mass is 293 g/mol. The van der Waals surface area contributed by atoms with Crippen molar-refractivity contribution in [2.45, 2.75) is 26.2 Å². The number of benzene rings is 1. The SMILES string of the molecule is CC1CC(C(=O)O)CN(C(=O)C(C)c2cccc(F)c2)C1. The summed E-state index contributed by atoms with van der Waals surface area (Å²) in [7, 11) is 0. The van der Waals surface area contributed by atoms with Gasteiger partial charge in [-0.1, -0.05) is 19.1 Å². The molecule has 0 bridgehead atoms. The molecule has 0 aromatic heterocycles. The van der Waals surface area contributed by atoms with Gasteiger partial charge in [-0.15, -0.1) is 0 Å². The molecule has 1 aromatic carbocycles. The minimum absolute atomic E-state index is 0.140. The molecular formula is C16H20FNO3. The molecule has 1 saturated heterocycles. The van der Waals surface area contributed by atoms with Gasteiger partial charge in [-0.2, -0.15) is 0 Å². The van der Waals surface area contributed by atoms with Crippen molar-refractivity contribution in [3.05, 3.63) is 35.6 Å². The van der Waals surface area contributed by atoms with E-state index in [1.54, 1.807) is 24.0 Å². The average Bonchev–Trinajstić information content (AvgIpc) is 2.45. The van der Waals surface area contributed by atoms with E-state index in [2.05, 4.69) is 0 Å². The molecule has 21 heavy (non-hydrogen) atoms. The van der Waals surface area contributed by atoms with Crippen LogP contribution in [0.25, 0.3) is 0 Å². The molecule has 1 aliphatic heterocycles. The van der Waals surface area contributed by atoms with Gasteiger partial charge >= 0.3 is 5.97 Å². The lowest BCUT2D eigenvalue weighted by Gasteiger charge is -2.36. The second kappa shape index (κ2) is 6.24. The van der Waals surface area contributed by atoms with Crippen LogP contribution in [0.4, 0.5) is 4.39 Å². The molecular weight excluding hydrogens is 273 g/mol. The maximum atomic E-state index is 13.3. The van der Waals surface area contributed by atoms with Gasteiger partial charge in [-0.25, -0.2) is 4.39 Å². The van der Waals surface area contributed by atoms with Crippen molar-refractivity contribution in [1.29, 1.82) is 0 Å². The molecule has 3 atom stereocenters. The number of hydrogen-bond acceptors (Lipinski definition) is 2. The van der Waals surface area contributed by atoms with Crippen LogP contribution < -0.4 is 0 Å². The smallest absolute Gasteiger partial charge is 0.308 e. The summed E-state index contributed by atoms with van der Waals surface area (Å²) in [6.45, 7) is 4.47. The van der Waals surface area contributed by atoms with Gasteiger partial charge < -0.3 is 10.0 Å². The minimum Gasteiger partial charge on any atom is -0.481 e. The number of rotatable bonds is 3. The van der Waals surface area contributed by atoms with E-state index in [0.717, 1.165) is 0 Å². The van der Waals surface area contributed by atoms with Gasteiger partial charge in [-0.05, 0) is 37.0 Å². The van der Waals surface area contributed by atoms with Crippen molar-refractivity contribution in [3.8, 4) is 0 Å². The number of carbonyl (C=O) groups excluding carboxylic acids is 1. The number of carboxylic acids is 1. The highest BCUT2D eigenvalue weighted by molar-refractivity contribution is 5.84. The van der Waals surface area contributed by atoms with Gasteiger partial charge in [0.15, 0.2) is 0 Å². The molecule has 0 spiro atoms. The number of amides is 1. The molecule has 0 aliphatic carbocycles. The lowest BCUT2D eigenvalue weighted by Crippen LogP contribution is -2.46. The van der Waals surface area contributed by atoms with E-state index in [1.165, 1.54) is 12.1 Å². The molecule has 1 aliphatic rings. The Balaban J connectivity index is 2.13. The largest absolute Gasteiger partial charge is 0.481 e. The second-order valence-corrected chi connectivity index (χ2v) is 5.90. The highest BCUT2D eigenvalue weighted by Gasteiger charge is 2.33. The molecule has 1 aromatic rings. The fourth-order valence-corrected chi connectivity index (χ4v) is 2.90. The summed E-state index contributed by atoms with van der Waals surface area (Å²) in [5, 5.41) is 9.16. The van der Waals surface area contributed by atoms with Crippen LogP contribution in [0, 0.1) is 17.7 Å². The Morgan fingerprint density at radius 2 is 2.10 bits per heavy atom. The van der Waals surface area contributed by atoms with Crippen molar-refractivity contribution >= 4 is 11.9 Å². The topological polar surface area (TPSA) is 57.6 Å². The lowest BCUT2D eigenvalue weighted by atomic mass is 9.89. The first-order valence-electron chi connectivity index (χ1n) is 7.15. The van der Waals surface area contributed by atoms with Crippen LogP contribution in [-0.2, 0) is 9.59 Å². The summed E-state index contributed by atoms with van der Waals surface area (Å²) in [6.07, 6.45) is 0.591. The Hall–Kier alpha value is -1.91. The van der Waals surface area contributed by atoms with Crippen LogP contribution in [0.1, 0.15) is 31.7 Å². The number of hydrogen-bond donors (Lipinski definition) is 1. The maximum Gasteiger partial charge on any atom is 0.308 e. The molecule has 1 heterocycles. The zero-order valence-electron chi connectivity index (χ0n) is 12.3. The zero-order chi connectivity index (χ0) is 15.6. The number of halogens is 1. The first kappa shape index (κ1) is 15.5. The maximum absolute atomic E-state index is 13.3. The number of piperidine rings is 1. The Morgan fingerprint density at radius 1 is 1.38 bits per heavy atom. The molecule has 1 amide bonds. The van der Waals surface area contributed by atoms with Crippen LogP contribution >= 0.6 is 0 Å². The molecule has 2 rings (SSSR count).